The number of sulfonamides is 1. The third-order valence-electron chi connectivity index (χ3n) is 3.69. The summed E-state index contributed by atoms with van der Waals surface area (Å²) in [6, 6.07) is 14.2. The second-order valence-corrected chi connectivity index (χ2v) is 7.40. The molecule has 0 aromatic heterocycles. The van der Waals surface area contributed by atoms with E-state index in [0.717, 1.165) is 11.3 Å². The van der Waals surface area contributed by atoms with Gasteiger partial charge in [0.25, 0.3) is 10.0 Å². The molecule has 118 valence electrons. The smallest absolute Gasteiger partial charge is 0.251 e. The van der Waals surface area contributed by atoms with E-state index in [1.54, 1.807) is 43.3 Å². The van der Waals surface area contributed by atoms with E-state index in [-0.39, 0.29) is 4.90 Å². The van der Waals surface area contributed by atoms with E-state index in [0.29, 0.717) is 17.1 Å². The molecule has 0 fully saturated rings. The molecule has 0 saturated carbocycles. The van der Waals surface area contributed by atoms with Gasteiger partial charge in [-0.05, 0) is 51.1 Å². The van der Waals surface area contributed by atoms with E-state index >= 15 is 0 Å². The Labute approximate surface area is 136 Å². The van der Waals surface area contributed by atoms with Crippen LogP contribution >= 0.6 is 0 Å². The molecule has 0 atom stereocenters. The first kappa shape index (κ1) is 15.5. The average Bonchev–Trinajstić information content (AvgIpc) is 2.62. The van der Waals surface area contributed by atoms with E-state index in [1.807, 2.05) is 32.0 Å². The number of aliphatic imine (C=N–C) groups is 1. The lowest BCUT2D eigenvalue weighted by Crippen LogP contribution is -2.29. The first-order valence-corrected chi connectivity index (χ1v) is 8.78. The molecule has 1 aliphatic heterocycles. The number of benzene rings is 2. The quantitative estimate of drug-likeness (QED) is 0.830. The van der Waals surface area contributed by atoms with Gasteiger partial charge < -0.3 is 0 Å². The van der Waals surface area contributed by atoms with Crippen molar-refractivity contribution in [1.29, 1.82) is 0 Å². The molecule has 4 nitrogen and oxygen atoms in total. The number of anilines is 1. The van der Waals surface area contributed by atoms with Gasteiger partial charge in [0.2, 0.25) is 0 Å². The first-order chi connectivity index (χ1) is 10.9. The van der Waals surface area contributed by atoms with Crippen LogP contribution in [-0.2, 0) is 10.0 Å². The van der Waals surface area contributed by atoms with Crippen molar-refractivity contribution in [1.82, 2.24) is 0 Å². The first-order valence-electron chi connectivity index (χ1n) is 7.34. The minimum Gasteiger partial charge on any atom is -0.251 e. The zero-order valence-corrected chi connectivity index (χ0v) is 14.1. The van der Waals surface area contributed by atoms with Crippen LogP contribution in [-0.4, -0.2) is 14.1 Å². The summed E-state index contributed by atoms with van der Waals surface area (Å²) in [6.45, 7) is 5.58. The molecule has 23 heavy (non-hydrogen) atoms. The molecule has 0 saturated heterocycles. The molecule has 0 radical (unpaired) electrons. The summed E-state index contributed by atoms with van der Waals surface area (Å²) in [6.07, 6.45) is 1.78. The third-order valence-corrected chi connectivity index (χ3v) is 5.53. The number of hydrogen-bond donors (Lipinski definition) is 0. The molecule has 1 heterocycles. The molecular weight excluding hydrogens is 308 g/mol. The van der Waals surface area contributed by atoms with E-state index in [9.17, 15) is 8.42 Å². The van der Waals surface area contributed by atoms with Gasteiger partial charge in [-0.15, -0.1) is 0 Å². The Morgan fingerprint density at radius 1 is 0.913 bits per heavy atom. The molecular formula is C18H18N2O2S. The van der Waals surface area contributed by atoms with Gasteiger partial charge in [-0.2, -0.15) is 0 Å². The van der Waals surface area contributed by atoms with Gasteiger partial charge in [-0.25, -0.2) is 12.7 Å². The lowest BCUT2D eigenvalue weighted by atomic mass is 10.2. The van der Waals surface area contributed by atoms with Crippen LogP contribution in [0.15, 0.2) is 70.2 Å². The molecule has 0 N–H and O–H groups in total. The van der Waals surface area contributed by atoms with Crippen LogP contribution in [0.1, 0.15) is 19.4 Å². The number of aryl methyl sites for hydroxylation is 1. The van der Waals surface area contributed by atoms with Gasteiger partial charge in [0.15, 0.2) is 0 Å². The van der Waals surface area contributed by atoms with E-state index in [4.69, 9.17) is 0 Å². The Morgan fingerprint density at radius 2 is 1.57 bits per heavy atom. The Bertz CT molecular complexity index is 910. The van der Waals surface area contributed by atoms with Gasteiger partial charge in [0.1, 0.15) is 0 Å². The predicted molar refractivity (Wildman–Crippen MR) is 93.8 cm³/mol. The highest BCUT2D eigenvalue weighted by atomic mass is 32.2. The molecule has 0 spiro atoms. The summed E-state index contributed by atoms with van der Waals surface area (Å²) < 4.78 is 27.7. The second-order valence-electron chi connectivity index (χ2n) is 5.61. The number of para-hydroxylation sites is 2. The van der Waals surface area contributed by atoms with Crippen LogP contribution < -0.4 is 4.31 Å². The highest BCUT2D eigenvalue weighted by Crippen LogP contribution is 2.37. The number of rotatable bonds is 2. The summed E-state index contributed by atoms with van der Waals surface area (Å²) in [7, 11) is -3.70. The van der Waals surface area contributed by atoms with Crippen LogP contribution in [0, 0.1) is 6.92 Å². The van der Waals surface area contributed by atoms with Crippen LogP contribution in [0.5, 0.6) is 0 Å². The molecule has 0 bridgehead atoms. The Kier molecular flexibility index (Phi) is 3.82. The zero-order chi connectivity index (χ0) is 16.6. The highest BCUT2D eigenvalue weighted by molar-refractivity contribution is 7.93. The minimum atomic E-state index is -3.70. The van der Waals surface area contributed by atoms with E-state index < -0.39 is 10.0 Å². The van der Waals surface area contributed by atoms with Crippen molar-refractivity contribution >= 4 is 27.1 Å². The Balaban J connectivity index is 2.22. The summed E-state index contributed by atoms with van der Waals surface area (Å²) in [5.74, 6) is 0. The molecule has 0 unspecified atom stereocenters. The zero-order valence-electron chi connectivity index (χ0n) is 13.3. The van der Waals surface area contributed by atoms with Gasteiger partial charge in [-0.3, -0.25) is 4.99 Å². The molecule has 2 aromatic carbocycles. The maximum atomic E-state index is 13.2. The molecule has 1 aliphatic rings. The fourth-order valence-corrected chi connectivity index (χ4v) is 4.17. The van der Waals surface area contributed by atoms with Crippen molar-refractivity contribution in [2.75, 3.05) is 4.31 Å². The SMILES string of the molecule is CC1=CC(C)=Nc2ccccc2N1S(=O)(=O)c1ccc(C)cc1. The maximum Gasteiger partial charge on any atom is 0.268 e. The van der Waals surface area contributed by atoms with Crippen molar-refractivity contribution in [3.8, 4) is 0 Å². The van der Waals surface area contributed by atoms with Crippen molar-refractivity contribution in [3.63, 3.8) is 0 Å². The van der Waals surface area contributed by atoms with Gasteiger partial charge in [-0.1, -0.05) is 29.8 Å². The largest absolute Gasteiger partial charge is 0.268 e. The minimum absolute atomic E-state index is 0.269. The normalized spacial score (nSPS) is 14.7. The molecule has 0 amide bonds. The second kappa shape index (κ2) is 5.66. The van der Waals surface area contributed by atoms with Gasteiger partial charge in [0, 0.05) is 11.4 Å². The van der Waals surface area contributed by atoms with E-state index in [2.05, 4.69) is 4.99 Å². The monoisotopic (exact) mass is 326 g/mol. The fourth-order valence-electron chi connectivity index (χ4n) is 2.64. The van der Waals surface area contributed by atoms with Gasteiger partial charge >= 0.3 is 0 Å². The number of hydrogen-bond acceptors (Lipinski definition) is 3. The molecule has 5 heteroatoms. The molecule has 0 aliphatic carbocycles. The van der Waals surface area contributed by atoms with Crippen LogP contribution in [0.3, 0.4) is 0 Å². The standard InChI is InChI=1S/C18H18N2O2S/c1-13-8-10-16(11-9-13)23(21,22)20-15(3)12-14(2)19-17-6-4-5-7-18(17)20/h4-12H,1-3H3. The van der Waals surface area contributed by atoms with Crippen molar-refractivity contribution in [3.05, 3.63) is 65.9 Å². The van der Waals surface area contributed by atoms with E-state index in [1.165, 1.54) is 4.31 Å². The predicted octanol–water partition coefficient (Wildman–Crippen LogP) is 4.20. The van der Waals surface area contributed by atoms with Crippen LogP contribution in [0.2, 0.25) is 0 Å². The van der Waals surface area contributed by atoms with Crippen molar-refractivity contribution < 1.29 is 8.42 Å². The highest BCUT2D eigenvalue weighted by Gasteiger charge is 2.29. The van der Waals surface area contributed by atoms with Crippen LogP contribution in [0.25, 0.3) is 0 Å². The molecule has 3 rings (SSSR count). The van der Waals surface area contributed by atoms with Crippen molar-refractivity contribution in [2.45, 2.75) is 25.7 Å². The number of allylic oxidation sites excluding steroid dienone is 2. The summed E-state index contributed by atoms with van der Waals surface area (Å²) >= 11 is 0. The lowest BCUT2D eigenvalue weighted by Gasteiger charge is -2.25. The summed E-state index contributed by atoms with van der Waals surface area (Å²) in [4.78, 5) is 4.76. The van der Waals surface area contributed by atoms with Crippen molar-refractivity contribution in [2.24, 2.45) is 4.99 Å². The number of fused-ring (bicyclic) bond motifs is 1. The maximum absolute atomic E-state index is 13.2. The molecule has 2 aromatic rings. The number of nitrogens with zero attached hydrogens (tertiary/aromatic N) is 2. The van der Waals surface area contributed by atoms with Gasteiger partial charge in [0.05, 0.1) is 16.3 Å². The summed E-state index contributed by atoms with van der Waals surface area (Å²) in [5.41, 5.74) is 3.63. The fraction of sp³-hybridized carbons (Fsp3) is 0.167. The third kappa shape index (κ3) is 2.80. The topological polar surface area (TPSA) is 49.7 Å². The lowest BCUT2D eigenvalue weighted by molar-refractivity contribution is 0.594. The Hall–Kier alpha value is -2.40. The Morgan fingerprint density at radius 3 is 2.26 bits per heavy atom. The van der Waals surface area contributed by atoms with Crippen LogP contribution in [0.4, 0.5) is 11.4 Å². The summed E-state index contributed by atoms with van der Waals surface area (Å²) in [5, 5.41) is 0. The average molecular weight is 326 g/mol.